The van der Waals surface area contributed by atoms with Crippen LogP contribution in [0.4, 0.5) is 17.1 Å². The minimum Gasteiger partial charge on any atom is -0.455 e. The summed E-state index contributed by atoms with van der Waals surface area (Å²) in [5.41, 5.74) is 19.2. The molecule has 63 heavy (non-hydrogen) atoms. The van der Waals surface area contributed by atoms with Gasteiger partial charge in [0.2, 0.25) is 0 Å². The Morgan fingerprint density at radius 3 is 1.78 bits per heavy atom. The van der Waals surface area contributed by atoms with Crippen LogP contribution in [-0.2, 0) is 5.41 Å². The van der Waals surface area contributed by atoms with Crippen molar-refractivity contribution >= 4 is 49.8 Å². The molecule has 12 rings (SSSR count). The van der Waals surface area contributed by atoms with Crippen LogP contribution in [0, 0.1) is 0 Å². The highest BCUT2D eigenvalue weighted by atomic mass is 16.3. The van der Waals surface area contributed by atoms with Gasteiger partial charge in [0.15, 0.2) is 0 Å². The number of furan rings is 1. The van der Waals surface area contributed by atoms with Gasteiger partial charge in [0.25, 0.3) is 0 Å². The molecule has 1 aliphatic carbocycles. The van der Waals surface area contributed by atoms with Gasteiger partial charge in [-0.3, -0.25) is 0 Å². The first kappa shape index (κ1) is 36.9. The lowest BCUT2D eigenvalue weighted by Crippen LogP contribution is -2.15. The molecule has 0 saturated heterocycles. The summed E-state index contributed by atoms with van der Waals surface area (Å²) in [6.45, 7) is 4.70. The molecule has 0 spiro atoms. The molecule has 0 amide bonds. The molecular weight excluding hydrogens is 763 g/mol. The van der Waals surface area contributed by atoms with E-state index in [1.165, 1.54) is 44.2 Å². The van der Waals surface area contributed by atoms with Gasteiger partial charge in [-0.1, -0.05) is 190 Å². The van der Waals surface area contributed by atoms with Gasteiger partial charge in [0.05, 0.1) is 5.69 Å². The Morgan fingerprint density at radius 2 is 0.984 bits per heavy atom. The normalized spacial score (nSPS) is 12.7. The SMILES string of the molecule is CC1(C)c2ccccc2-c2cc(N(c3cc(-c4ccccc4)cc(-c4ccccc4)c3)c3cccc(-c4cccc5c4oc4ccccc45)c3-c3ccc4ccccc4c3)ccc21. The number of rotatable bonds is 7. The van der Waals surface area contributed by atoms with Crippen molar-refractivity contribution in [3.05, 3.63) is 236 Å². The number of hydrogen-bond acceptors (Lipinski definition) is 2. The maximum absolute atomic E-state index is 6.79. The Bertz CT molecular complexity index is 3480. The smallest absolute Gasteiger partial charge is 0.143 e. The van der Waals surface area contributed by atoms with Crippen LogP contribution in [0.1, 0.15) is 25.0 Å². The first-order valence-electron chi connectivity index (χ1n) is 21.8. The summed E-state index contributed by atoms with van der Waals surface area (Å²) in [7, 11) is 0. The Morgan fingerprint density at radius 1 is 0.365 bits per heavy atom. The Hall–Kier alpha value is -7.94. The average Bonchev–Trinajstić information content (AvgIpc) is 3.83. The highest BCUT2D eigenvalue weighted by molar-refractivity contribution is 6.12. The standard InChI is InChI=1S/C61H43NO/c1-61(2)55-28-13-11-23-49(55)54-39-47(33-34-56(54)61)62(48-37-45(40-17-5-3-6-18-40)36-46(38-48)41-19-7-4-8-20-41)57-29-16-25-51(59(57)44-32-31-42-21-9-10-22-43(42)35-44)53-27-15-26-52-50-24-12-14-30-58(50)63-60(52)53/h3-39H,1-2H3. The molecule has 0 aliphatic heterocycles. The van der Waals surface area contributed by atoms with E-state index in [2.05, 4.69) is 237 Å². The van der Waals surface area contributed by atoms with E-state index in [0.29, 0.717) is 0 Å². The molecule has 1 aliphatic rings. The predicted octanol–water partition coefficient (Wildman–Crippen LogP) is 17.2. The van der Waals surface area contributed by atoms with Crippen LogP contribution < -0.4 is 4.90 Å². The van der Waals surface area contributed by atoms with Crippen LogP contribution in [-0.4, -0.2) is 0 Å². The lowest BCUT2D eigenvalue weighted by molar-refractivity contribution is 0.660. The number of hydrogen-bond donors (Lipinski definition) is 0. The third kappa shape index (κ3) is 6.09. The second-order valence-corrected chi connectivity index (χ2v) is 17.3. The molecule has 0 N–H and O–H groups in total. The molecule has 2 heteroatoms. The number of para-hydroxylation sites is 2. The van der Waals surface area contributed by atoms with Gasteiger partial charge < -0.3 is 9.32 Å². The summed E-state index contributed by atoms with van der Waals surface area (Å²) in [5.74, 6) is 0. The topological polar surface area (TPSA) is 16.4 Å². The van der Waals surface area contributed by atoms with Gasteiger partial charge in [-0.05, 0) is 115 Å². The van der Waals surface area contributed by atoms with Crippen molar-refractivity contribution in [1.82, 2.24) is 0 Å². The van der Waals surface area contributed by atoms with Gasteiger partial charge in [0.1, 0.15) is 11.2 Å². The highest BCUT2D eigenvalue weighted by Gasteiger charge is 2.36. The van der Waals surface area contributed by atoms with Crippen LogP contribution in [0.25, 0.3) is 88.3 Å². The van der Waals surface area contributed by atoms with Gasteiger partial charge in [-0.2, -0.15) is 0 Å². The maximum Gasteiger partial charge on any atom is 0.143 e. The average molecular weight is 806 g/mol. The van der Waals surface area contributed by atoms with Crippen molar-refractivity contribution in [2.24, 2.45) is 0 Å². The van der Waals surface area contributed by atoms with Gasteiger partial charge in [0, 0.05) is 38.7 Å². The molecule has 0 unspecified atom stereocenters. The molecular formula is C61H43NO. The summed E-state index contributed by atoms with van der Waals surface area (Å²) >= 11 is 0. The molecule has 0 radical (unpaired) electrons. The molecule has 0 fully saturated rings. The number of nitrogens with zero attached hydrogens (tertiary/aromatic N) is 1. The quantitative estimate of drug-likeness (QED) is 0.160. The Kier molecular flexibility index (Phi) is 8.55. The molecule has 0 bridgehead atoms. The van der Waals surface area contributed by atoms with Crippen molar-refractivity contribution in [3.8, 4) is 55.6 Å². The van der Waals surface area contributed by atoms with E-state index >= 15 is 0 Å². The molecule has 1 heterocycles. The first-order chi connectivity index (χ1) is 31.0. The molecule has 0 saturated carbocycles. The van der Waals surface area contributed by atoms with E-state index in [1.54, 1.807) is 0 Å². The van der Waals surface area contributed by atoms with Crippen LogP contribution >= 0.6 is 0 Å². The van der Waals surface area contributed by atoms with Crippen molar-refractivity contribution < 1.29 is 4.42 Å². The highest BCUT2D eigenvalue weighted by Crippen LogP contribution is 2.53. The number of benzene rings is 10. The summed E-state index contributed by atoms with van der Waals surface area (Å²) in [5, 5.41) is 4.63. The fourth-order valence-corrected chi connectivity index (χ4v) is 10.2. The molecule has 298 valence electrons. The molecule has 2 nitrogen and oxygen atoms in total. The number of anilines is 3. The zero-order chi connectivity index (χ0) is 42.1. The van der Waals surface area contributed by atoms with E-state index < -0.39 is 0 Å². The second kappa shape index (κ2) is 14.6. The monoisotopic (exact) mass is 805 g/mol. The summed E-state index contributed by atoms with van der Waals surface area (Å²) in [4.78, 5) is 2.50. The molecule has 0 atom stereocenters. The predicted molar refractivity (Wildman–Crippen MR) is 265 cm³/mol. The van der Waals surface area contributed by atoms with Crippen LogP contribution in [0.2, 0.25) is 0 Å². The van der Waals surface area contributed by atoms with Crippen molar-refractivity contribution in [2.75, 3.05) is 4.90 Å². The molecule has 11 aromatic rings. The third-order valence-corrected chi connectivity index (χ3v) is 13.2. The Labute approximate surface area is 368 Å². The minimum absolute atomic E-state index is 0.121. The molecule has 1 aromatic heterocycles. The largest absolute Gasteiger partial charge is 0.455 e. The van der Waals surface area contributed by atoms with E-state index in [9.17, 15) is 0 Å². The van der Waals surface area contributed by atoms with E-state index in [1.807, 2.05) is 6.07 Å². The maximum atomic E-state index is 6.79. The second-order valence-electron chi connectivity index (χ2n) is 17.3. The fraction of sp³-hybridized carbons (Fsp3) is 0.0492. The summed E-state index contributed by atoms with van der Waals surface area (Å²) in [6.07, 6.45) is 0. The van der Waals surface area contributed by atoms with E-state index in [0.717, 1.165) is 72.4 Å². The summed E-state index contributed by atoms with van der Waals surface area (Å²) < 4.78 is 6.79. The minimum atomic E-state index is -0.121. The van der Waals surface area contributed by atoms with Crippen LogP contribution in [0.3, 0.4) is 0 Å². The van der Waals surface area contributed by atoms with E-state index in [4.69, 9.17) is 4.42 Å². The van der Waals surface area contributed by atoms with Gasteiger partial charge >= 0.3 is 0 Å². The lowest BCUT2D eigenvalue weighted by atomic mass is 9.82. The van der Waals surface area contributed by atoms with E-state index in [-0.39, 0.29) is 5.41 Å². The number of fused-ring (bicyclic) bond motifs is 7. The zero-order valence-electron chi connectivity index (χ0n) is 35.2. The third-order valence-electron chi connectivity index (χ3n) is 13.2. The van der Waals surface area contributed by atoms with Crippen LogP contribution in [0.5, 0.6) is 0 Å². The van der Waals surface area contributed by atoms with Crippen molar-refractivity contribution in [2.45, 2.75) is 19.3 Å². The van der Waals surface area contributed by atoms with Crippen molar-refractivity contribution in [1.29, 1.82) is 0 Å². The zero-order valence-corrected chi connectivity index (χ0v) is 35.2. The molecule has 10 aromatic carbocycles. The lowest BCUT2D eigenvalue weighted by Gasteiger charge is -2.31. The summed E-state index contributed by atoms with van der Waals surface area (Å²) in [6, 6.07) is 81.9. The van der Waals surface area contributed by atoms with Crippen LogP contribution in [0.15, 0.2) is 229 Å². The first-order valence-corrected chi connectivity index (χ1v) is 21.8. The van der Waals surface area contributed by atoms with Crippen molar-refractivity contribution in [3.63, 3.8) is 0 Å². The van der Waals surface area contributed by atoms with Gasteiger partial charge in [-0.15, -0.1) is 0 Å². The fourth-order valence-electron chi connectivity index (χ4n) is 10.2. The Balaban J connectivity index is 1.19. The van der Waals surface area contributed by atoms with Gasteiger partial charge in [-0.25, -0.2) is 0 Å².